The summed E-state index contributed by atoms with van der Waals surface area (Å²) < 4.78 is 11.5. The van der Waals surface area contributed by atoms with E-state index in [-0.39, 0.29) is 11.8 Å². The number of piperazine rings is 1. The Bertz CT molecular complexity index is 1430. The third-order valence-corrected chi connectivity index (χ3v) is 7.73. The van der Waals surface area contributed by atoms with Crippen molar-refractivity contribution < 1.29 is 29.0 Å². The number of anilines is 2. The lowest BCUT2D eigenvalue weighted by molar-refractivity contribution is -0.139. The van der Waals surface area contributed by atoms with Gasteiger partial charge in [-0.05, 0) is 53.6 Å². The molecular formula is C30H29N3O6. The van der Waals surface area contributed by atoms with Gasteiger partial charge in [0.2, 0.25) is 5.91 Å². The number of rotatable bonds is 4. The second-order valence-corrected chi connectivity index (χ2v) is 9.94. The maximum Gasteiger partial charge on any atom is 0.313 e. The number of fused-ring (bicyclic) bond motifs is 2. The van der Waals surface area contributed by atoms with Crippen LogP contribution in [0.2, 0.25) is 0 Å². The molecule has 0 bridgehead atoms. The molecule has 3 heterocycles. The Balaban J connectivity index is 1.40. The van der Waals surface area contributed by atoms with E-state index in [9.17, 15) is 19.5 Å². The summed E-state index contributed by atoms with van der Waals surface area (Å²) in [4.78, 5) is 44.1. The van der Waals surface area contributed by atoms with E-state index in [1.807, 2.05) is 35.2 Å². The quantitative estimate of drug-likeness (QED) is 0.552. The summed E-state index contributed by atoms with van der Waals surface area (Å²) >= 11 is 0. The Morgan fingerprint density at radius 1 is 0.846 bits per heavy atom. The standard InChI is InChI=1S/C30H29N3O6/c1-19(34)31-12-14-32(15-13-31)21-7-9-22(10-8-21)33-28(20-6-11-25-26(18-20)39-17-16-38-25)27(30(36)37)23-4-2-3-5-24(23)29(33)35/h2-11,18,27-28H,12-17H2,1H3,(H,36,37). The first-order valence-corrected chi connectivity index (χ1v) is 13.1. The summed E-state index contributed by atoms with van der Waals surface area (Å²) in [6.07, 6.45) is 0. The minimum Gasteiger partial charge on any atom is -0.486 e. The minimum absolute atomic E-state index is 0.0760. The van der Waals surface area contributed by atoms with Gasteiger partial charge in [-0.15, -0.1) is 0 Å². The van der Waals surface area contributed by atoms with Crippen LogP contribution in [0.5, 0.6) is 11.5 Å². The third-order valence-electron chi connectivity index (χ3n) is 7.73. The van der Waals surface area contributed by atoms with Crippen molar-refractivity contribution in [2.75, 3.05) is 49.2 Å². The highest BCUT2D eigenvalue weighted by Crippen LogP contribution is 2.47. The molecule has 200 valence electrons. The highest BCUT2D eigenvalue weighted by Gasteiger charge is 2.45. The van der Waals surface area contributed by atoms with Crippen LogP contribution >= 0.6 is 0 Å². The van der Waals surface area contributed by atoms with Crippen molar-refractivity contribution in [2.24, 2.45) is 0 Å². The zero-order valence-electron chi connectivity index (χ0n) is 21.6. The van der Waals surface area contributed by atoms with Crippen molar-refractivity contribution in [3.05, 3.63) is 83.4 Å². The molecule has 39 heavy (non-hydrogen) atoms. The van der Waals surface area contributed by atoms with Crippen LogP contribution < -0.4 is 19.3 Å². The SMILES string of the molecule is CC(=O)N1CCN(c2ccc(N3C(=O)c4ccccc4C(C(=O)O)C3c3ccc4c(c3)OCCO4)cc2)CC1. The van der Waals surface area contributed by atoms with E-state index in [2.05, 4.69) is 4.90 Å². The molecule has 0 aromatic heterocycles. The highest BCUT2D eigenvalue weighted by atomic mass is 16.6. The molecule has 0 saturated carbocycles. The van der Waals surface area contributed by atoms with E-state index in [1.54, 1.807) is 48.2 Å². The summed E-state index contributed by atoms with van der Waals surface area (Å²) in [5, 5.41) is 10.5. The van der Waals surface area contributed by atoms with Gasteiger partial charge in [-0.3, -0.25) is 19.3 Å². The molecule has 2 unspecified atom stereocenters. The molecule has 1 fully saturated rings. The molecule has 9 heteroatoms. The Morgan fingerprint density at radius 3 is 2.21 bits per heavy atom. The average molecular weight is 528 g/mol. The van der Waals surface area contributed by atoms with Crippen molar-refractivity contribution >= 4 is 29.2 Å². The van der Waals surface area contributed by atoms with Gasteiger partial charge < -0.3 is 24.4 Å². The van der Waals surface area contributed by atoms with Crippen LogP contribution in [0.1, 0.15) is 40.4 Å². The first-order valence-electron chi connectivity index (χ1n) is 13.1. The molecule has 2 atom stereocenters. The molecule has 1 N–H and O–H groups in total. The first kappa shape index (κ1) is 24.8. The molecule has 0 aliphatic carbocycles. The van der Waals surface area contributed by atoms with E-state index in [0.29, 0.717) is 60.2 Å². The average Bonchev–Trinajstić information content (AvgIpc) is 2.97. The molecule has 3 aliphatic rings. The second-order valence-electron chi connectivity index (χ2n) is 9.94. The smallest absolute Gasteiger partial charge is 0.313 e. The van der Waals surface area contributed by atoms with Gasteiger partial charge in [-0.1, -0.05) is 24.3 Å². The number of carboxylic acids is 1. The van der Waals surface area contributed by atoms with Crippen LogP contribution in [0, 0.1) is 0 Å². The van der Waals surface area contributed by atoms with Crippen molar-refractivity contribution in [1.29, 1.82) is 0 Å². The summed E-state index contributed by atoms with van der Waals surface area (Å²) in [6.45, 7) is 5.18. The number of carboxylic acid groups (broad SMARTS) is 1. The number of hydrogen-bond donors (Lipinski definition) is 1. The van der Waals surface area contributed by atoms with Crippen molar-refractivity contribution in [3.8, 4) is 11.5 Å². The molecule has 3 aliphatic heterocycles. The Morgan fingerprint density at radius 2 is 1.51 bits per heavy atom. The molecule has 3 aromatic rings. The van der Waals surface area contributed by atoms with Gasteiger partial charge in [0.15, 0.2) is 11.5 Å². The van der Waals surface area contributed by atoms with Gasteiger partial charge in [0.1, 0.15) is 19.1 Å². The predicted molar refractivity (Wildman–Crippen MR) is 145 cm³/mol. The summed E-state index contributed by atoms with van der Waals surface area (Å²) in [5.41, 5.74) is 3.11. The van der Waals surface area contributed by atoms with Gasteiger partial charge in [0.05, 0.1) is 6.04 Å². The van der Waals surface area contributed by atoms with E-state index < -0.39 is 17.9 Å². The summed E-state index contributed by atoms with van der Waals surface area (Å²) in [5.74, 6) is -1.05. The molecule has 0 radical (unpaired) electrons. The number of hydrogen-bond acceptors (Lipinski definition) is 6. The number of nitrogens with zero attached hydrogens (tertiary/aromatic N) is 3. The van der Waals surface area contributed by atoms with Crippen molar-refractivity contribution in [3.63, 3.8) is 0 Å². The van der Waals surface area contributed by atoms with Gasteiger partial charge in [0.25, 0.3) is 5.91 Å². The van der Waals surface area contributed by atoms with Crippen LogP contribution in [-0.4, -0.2) is 67.2 Å². The Labute approximate surface area is 226 Å². The van der Waals surface area contributed by atoms with Crippen LogP contribution in [-0.2, 0) is 9.59 Å². The molecule has 0 spiro atoms. The van der Waals surface area contributed by atoms with Gasteiger partial charge >= 0.3 is 5.97 Å². The van der Waals surface area contributed by atoms with Crippen molar-refractivity contribution in [1.82, 2.24) is 4.90 Å². The third kappa shape index (κ3) is 4.43. The number of carbonyl (C=O) groups excluding carboxylic acids is 2. The Kier molecular flexibility index (Phi) is 6.34. The molecular weight excluding hydrogens is 498 g/mol. The fourth-order valence-electron chi connectivity index (χ4n) is 5.77. The van der Waals surface area contributed by atoms with Crippen LogP contribution in [0.3, 0.4) is 0 Å². The summed E-state index contributed by atoms with van der Waals surface area (Å²) in [7, 11) is 0. The largest absolute Gasteiger partial charge is 0.486 e. The first-order chi connectivity index (χ1) is 18.9. The number of benzene rings is 3. The van der Waals surface area contributed by atoms with Crippen LogP contribution in [0.15, 0.2) is 66.7 Å². The fourth-order valence-corrected chi connectivity index (χ4v) is 5.77. The highest BCUT2D eigenvalue weighted by molar-refractivity contribution is 6.11. The van der Waals surface area contributed by atoms with Gasteiger partial charge in [-0.2, -0.15) is 0 Å². The molecule has 6 rings (SSSR count). The fraction of sp³-hybridized carbons (Fsp3) is 0.300. The van der Waals surface area contributed by atoms with Crippen LogP contribution in [0.4, 0.5) is 11.4 Å². The number of amides is 2. The molecule has 9 nitrogen and oxygen atoms in total. The van der Waals surface area contributed by atoms with Gasteiger partial charge in [-0.25, -0.2) is 0 Å². The maximum absolute atomic E-state index is 14.0. The molecule has 3 aromatic carbocycles. The molecule has 2 amide bonds. The maximum atomic E-state index is 14.0. The number of ether oxygens (including phenoxy) is 2. The lowest BCUT2D eigenvalue weighted by Gasteiger charge is -2.41. The van der Waals surface area contributed by atoms with E-state index in [4.69, 9.17) is 9.47 Å². The van der Waals surface area contributed by atoms with Crippen molar-refractivity contribution in [2.45, 2.75) is 18.9 Å². The lowest BCUT2D eigenvalue weighted by Crippen LogP contribution is -2.48. The number of carbonyl (C=O) groups is 3. The second kappa shape index (κ2) is 9.98. The number of aliphatic carboxylic acids is 1. The van der Waals surface area contributed by atoms with E-state index in [0.717, 1.165) is 18.8 Å². The topological polar surface area (TPSA) is 99.6 Å². The Hall–Kier alpha value is -4.53. The van der Waals surface area contributed by atoms with Gasteiger partial charge in [0, 0.05) is 50.0 Å². The molecule has 1 saturated heterocycles. The predicted octanol–water partition coefficient (Wildman–Crippen LogP) is 3.70. The van der Waals surface area contributed by atoms with E-state index >= 15 is 0 Å². The lowest BCUT2D eigenvalue weighted by atomic mass is 9.79. The zero-order chi connectivity index (χ0) is 27.1. The van der Waals surface area contributed by atoms with E-state index in [1.165, 1.54) is 0 Å². The zero-order valence-corrected chi connectivity index (χ0v) is 21.6. The normalized spacial score (nSPS) is 20.4. The monoisotopic (exact) mass is 527 g/mol. The summed E-state index contributed by atoms with van der Waals surface area (Å²) in [6, 6.07) is 19.1. The van der Waals surface area contributed by atoms with Crippen LogP contribution in [0.25, 0.3) is 0 Å². The minimum atomic E-state index is -1.01.